The SMILES string of the molecule is O=C(NCCCn1ccnc1)NC1CC(=O)N(c2cccc(F)c2)C1. The van der Waals surface area contributed by atoms with Crippen LogP contribution in [0.3, 0.4) is 0 Å². The predicted molar refractivity (Wildman–Crippen MR) is 90.5 cm³/mol. The highest BCUT2D eigenvalue weighted by Crippen LogP contribution is 2.22. The first kappa shape index (κ1) is 16.9. The average molecular weight is 345 g/mol. The second-order valence-corrected chi connectivity index (χ2v) is 5.94. The van der Waals surface area contributed by atoms with E-state index in [1.165, 1.54) is 17.0 Å². The minimum absolute atomic E-state index is 0.129. The Morgan fingerprint density at radius 1 is 1.40 bits per heavy atom. The molecule has 2 heterocycles. The van der Waals surface area contributed by atoms with Gasteiger partial charge in [0.05, 0.1) is 12.4 Å². The molecule has 0 spiro atoms. The fourth-order valence-electron chi connectivity index (χ4n) is 2.82. The van der Waals surface area contributed by atoms with Gasteiger partial charge in [-0.05, 0) is 24.6 Å². The van der Waals surface area contributed by atoms with Gasteiger partial charge < -0.3 is 20.1 Å². The zero-order chi connectivity index (χ0) is 17.6. The molecule has 1 unspecified atom stereocenters. The number of halogens is 1. The van der Waals surface area contributed by atoms with Crippen molar-refractivity contribution in [3.63, 3.8) is 0 Å². The van der Waals surface area contributed by atoms with Crippen molar-refractivity contribution < 1.29 is 14.0 Å². The summed E-state index contributed by atoms with van der Waals surface area (Å²) < 4.78 is 15.2. The van der Waals surface area contributed by atoms with Crippen molar-refractivity contribution in [2.75, 3.05) is 18.0 Å². The third-order valence-corrected chi connectivity index (χ3v) is 4.02. The van der Waals surface area contributed by atoms with Crippen LogP contribution in [0.5, 0.6) is 0 Å². The molecular formula is C17H20FN5O2. The molecule has 1 aromatic carbocycles. The summed E-state index contributed by atoms with van der Waals surface area (Å²) in [7, 11) is 0. The molecule has 1 fully saturated rings. The number of nitrogens with one attached hydrogen (secondary N) is 2. The van der Waals surface area contributed by atoms with E-state index in [1.54, 1.807) is 24.7 Å². The van der Waals surface area contributed by atoms with E-state index in [0.717, 1.165) is 13.0 Å². The van der Waals surface area contributed by atoms with E-state index in [-0.39, 0.29) is 24.4 Å². The highest BCUT2D eigenvalue weighted by atomic mass is 19.1. The minimum atomic E-state index is -0.391. The molecule has 0 bridgehead atoms. The fraction of sp³-hybridized carbons (Fsp3) is 0.353. The van der Waals surface area contributed by atoms with Crippen LogP contribution in [0.25, 0.3) is 0 Å². The lowest BCUT2D eigenvalue weighted by Crippen LogP contribution is -2.43. The van der Waals surface area contributed by atoms with Crippen molar-refractivity contribution in [1.82, 2.24) is 20.2 Å². The van der Waals surface area contributed by atoms with Crippen LogP contribution in [-0.2, 0) is 11.3 Å². The number of benzene rings is 1. The molecule has 2 aromatic rings. The number of hydrogen-bond acceptors (Lipinski definition) is 3. The Hall–Kier alpha value is -2.90. The Morgan fingerprint density at radius 3 is 3.04 bits per heavy atom. The van der Waals surface area contributed by atoms with E-state index < -0.39 is 5.82 Å². The van der Waals surface area contributed by atoms with Crippen LogP contribution in [0.1, 0.15) is 12.8 Å². The number of carbonyl (C=O) groups is 2. The lowest BCUT2D eigenvalue weighted by molar-refractivity contribution is -0.117. The zero-order valence-electron chi connectivity index (χ0n) is 13.7. The summed E-state index contributed by atoms with van der Waals surface area (Å²) >= 11 is 0. The molecule has 2 N–H and O–H groups in total. The number of aromatic nitrogens is 2. The second-order valence-electron chi connectivity index (χ2n) is 5.94. The van der Waals surface area contributed by atoms with Crippen LogP contribution in [0.2, 0.25) is 0 Å². The molecule has 1 aromatic heterocycles. The number of anilines is 1. The molecule has 7 nitrogen and oxygen atoms in total. The van der Waals surface area contributed by atoms with Gasteiger partial charge >= 0.3 is 6.03 Å². The number of aryl methyl sites for hydroxylation is 1. The molecule has 0 saturated carbocycles. The summed E-state index contributed by atoms with van der Waals surface area (Å²) in [5.41, 5.74) is 0.509. The Labute approximate surface area is 144 Å². The van der Waals surface area contributed by atoms with Gasteiger partial charge in [-0.2, -0.15) is 0 Å². The van der Waals surface area contributed by atoms with E-state index in [1.807, 2.05) is 10.8 Å². The summed E-state index contributed by atoms with van der Waals surface area (Å²) in [6, 6.07) is 5.30. The predicted octanol–water partition coefficient (Wildman–Crippen LogP) is 1.52. The van der Waals surface area contributed by atoms with Crippen LogP contribution in [0, 0.1) is 5.82 Å². The average Bonchev–Trinajstić information content (AvgIpc) is 3.21. The van der Waals surface area contributed by atoms with Crippen LogP contribution in [0.4, 0.5) is 14.9 Å². The molecule has 0 radical (unpaired) electrons. The quantitative estimate of drug-likeness (QED) is 0.779. The van der Waals surface area contributed by atoms with Gasteiger partial charge in [-0.25, -0.2) is 14.2 Å². The number of imidazole rings is 1. The molecule has 1 saturated heterocycles. The largest absolute Gasteiger partial charge is 0.338 e. The van der Waals surface area contributed by atoms with E-state index in [9.17, 15) is 14.0 Å². The van der Waals surface area contributed by atoms with Gasteiger partial charge in [0.2, 0.25) is 5.91 Å². The molecule has 8 heteroatoms. The van der Waals surface area contributed by atoms with Gasteiger partial charge in [0, 0.05) is 44.1 Å². The van der Waals surface area contributed by atoms with Gasteiger partial charge in [0.25, 0.3) is 0 Å². The molecular weight excluding hydrogens is 325 g/mol. The van der Waals surface area contributed by atoms with E-state index in [0.29, 0.717) is 18.8 Å². The fourth-order valence-corrected chi connectivity index (χ4v) is 2.82. The minimum Gasteiger partial charge on any atom is -0.338 e. The van der Waals surface area contributed by atoms with Gasteiger partial charge in [-0.15, -0.1) is 0 Å². The highest BCUT2D eigenvalue weighted by Gasteiger charge is 2.31. The first-order chi connectivity index (χ1) is 12.1. The smallest absolute Gasteiger partial charge is 0.315 e. The van der Waals surface area contributed by atoms with Gasteiger partial charge in [-0.3, -0.25) is 4.79 Å². The summed E-state index contributed by atoms with van der Waals surface area (Å²) in [4.78, 5) is 29.5. The lowest BCUT2D eigenvalue weighted by atomic mass is 10.2. The number of nitrogens with zero attached hydrogens (tertiary/aromatic N) is 3. The van der Waals surface area contributed by atoms with Gasteiger partial charge in [0.1, 0.15) is 5.82 Å². The topological polar surface area (TPSA) is 79.3 Å². The molecule has 132 valence electrons. The van der Waals surface area contributed by atoms with Crippen molar-refractivity contribution in [1.29, 1.82) is 0 Å². The van der Waals surface area contributed by atoms with Crippen LogP contribution < -0.4 is 15.5 Å². The number of urea groups is 1. The van der Waals surface area contributed by atoms with E-state index in [4.69, 9.17) is 0 Å². The summed E-state index contributed by atoms with van der Waals surface area (Å²) in [6.07, 6.45) is 6.29. The van der Waals surface area contributed by atoms with Crippen molar-refractivity contribution in [3.8, 4) is 0 Å². The lowest BCUT2D eigenvalue weighted by Gasteiger charge is -2.17. The van der Waals surface area contributed by atoms with E-state index in [2.05, 4.69) is 15.6 Å². The molecule has 25 heavy (non-hydrogen) atoms. The Kier molecular flexibility index (Phi) is 5.27. The molecule has 3 amide bonds. The van der Waals surface area contributed by atoms with Crippen LogP contribution >= 0.6 is 0 Å². The molecule has 1 aliphatic heterocycles. The molecule has 1 aliphatic rings. The third kappa shape index (κ3) is 4.56. The highest BCUT2D eigenvalue weighted by molar-refractivity contribution is 5.96. The maximum Gasteiger partial charge on any atom is 0.315 e. The van der Waals surface area contributed by atoms with Crippen molar-refractivity contribution >= 4 is 17.6 Å². The second kappa shape index (κ2) is 7.78. The van der Waals surface area contributed by atoms with E-state index >= 15 is 0 Å². The van der Waals surface area contributed by atoms with Crippen molar-refractivity contribution in [2.24, 2.45) is 0 Å². The third-order valence-electron chi connectivity index (χ3n) is 4.02. The number of carbonyl (C=O) groups excluding carboxylic acids is 2. The van der Waals surface area contributed by atoms with Crippen molar-refractivity contribution in [3.05, 3.63) is 48.8 Å². The Morgan fingerprint density at radius 2 is 2.28 bits per heavy atom. The molecule has 3 rings (SSSR count). The Balaban J connectivity index is 1.42. The summed E-state index contributed by atoms with van der Waals surface area (Å²) in [6.45, 7) is 1.64. The maximum atomic E-state index is 13.3. The number of rotatable bonds is 6. The van der Waals surface area contributed by atoms with Gasteiger partial charge in [-0.1, -0.05) is 6.07 Å². The molecule has 0 aliphatic carbocycles. The summed E-state index contributed by atoms with van der Waals surface area (Å²) in [5.74, 6) is -0.520. The first-order valence-corrected chi connectivity index (χ1v) is 8.18. The molecule has 1 atom stereocenters. The zero-order valence-corrected chi connectivity index (χ0v) is 13.7. The summed E-state index contributed by atoms with van der Waals surface area (Å²) in [5, 5.41) is 5.57. The normalized spacial score (nSPS) is 16.9. The maximum absolute atomic E-state index is 13.3. The van der Waals surface area contributed by atoms with Crippen LogP contribution in [-0.4, -0.2) is 40.6 Å². The van der Waals surface area contributed by atoms with Crippen molar-refractivity contribution in [2.45, 2.75) is 25.4 Å². The standard InChI is InChI=1S/C17H20FN5O2/c18-13-3-1-4-15(9-13)23-11-14(10-16(23)24)21-17(25)20-5-2-7-22-8-6-19-12-22/h1,3-4,6,8-9,12,14H,2,5,7,10-11H2,(H2,20,21,25). The monoisotopic (exact) mass is 345 g/mol. The van der Waals surface area contributed by atoms with Gasteiger partial charge in [0.15, 0.2) is 0 Å². The number of amides is 3. The Bertz CT molecular complexity index is 734. The first-order valence-electron chi connectivity index (χ1n) is 8.18. The number of hydrogen-bond donors (Lipinski definition) is 2. The van der Waals surface area contributed by atoms with Crippen LogP contribution in [0.15, 0.2) is 43.0 Å².